The molecule has 0 spiro atoms. The average Bonchev–Trinajstić information content (AvgIpc) is 1.86. The van der Waals surface area contributed by atoms with E-state index >= 15 is 0 Å². The molecule has 1 nitrogen and oxygen atoms in total. The van der Waals surface area contributed by atoms with Crippen LogP contribution >= 0.6 is 15.9 Å². The molecule has 0 saturated carbocycles. The molecule has 0 aliphatic rings. The highest BCUT2D eigenvalue weighted by molar-refractivity contribution is 9.09. The minimum absolute atomic E-state index is 0.833. The summed E-state index contributed by atoms with van der Waals surface area (Å²) in [6.45, 7) is 3.45. The fourth-order valence-electron chi connectivity index (χ4n) is 1.14. The molecule has 0 aromatic carbocycles. The molecule has 10 heavy (non-hydrogen) atoms. The molecule has 2 heteroatoms. The number of rotatable bonds is 5. The summed E-state index contributed by atoms with van der Waals surface area (Å²) in [7, 11) is 4.26. The van der Waals surface area contributed by atoms with E-state index in [9.17, 15) is 0 Å². The minimum atomic E-state index is 0.833. The molecule has 0 rings (SSSR count). The van der Waals surface area contributed by atoms with Crippen LogP contribution in [0.4, 0.5) is 0 Å². The van der Waals surface area contributed by atoms with Gasteiger partial charge in [-0.1, -0.05) is 29.3 Å². The van der Waals surface area contributed by atoms with Gasteiger partial charge >= 0.3 is 0 Å². The van der Waals surface area contributed by atoms with E-state index in [0.717, 1.165) is 11.2 Å². The molecule has 0 saturated heterocycles. The topological polar surface area (TPSA) is 3.24 Å². The summed E-state index contributed by atoms with van der Waals surface area (Å²) in [4.78, 5) is 2.25. The summed E-state index contributed by atoms with van der Waals surface area (Å²) in [6, 6.07) is 0. The van der Waals surface area contributed by atoms with Gasteiger partial charge in [-0.3, -0.25) is 0 Å². The van der Waals surface area contributed by atoms with Crippen LogP contribution in [-0.4, -0.2) is 30.9 Å². The molecule has 0 fully saturated rings. The average molecular weight is 208 g/mol. The van der Waals surface area contributed by atoms with Crippen LogP contribution in [0.15, 0.2) is 0 Å². The van der Waals surface area contributed by atoms with Crippen LogP contribution in [0.2, 0.25) is 0 Å². The quantitative estimate of drug-likeness (QED) is 0.627. The van der Waals surface area contributed by atoms with Crippen molar-refractivity contribution in [3.63, 3.8) is 0 Å². The van der Waals surface area contributed by atoms with Gasteiger partial charge in [0.2, 0.25) is 0 Å². The number of alkyl halides is 1. The smallest absolute Gasteiger partial charge is 0.00718 e. The van der Waals surface area contributed by atoms with Gasteiger partial charge in [0.05, 0.1) is 0 Å². The van der Waals surface area contributed by atoms with Gasteiger partial charge in [-0.25, -0.2) is 0 Å². The lowest BCUT2D eigenvalue weighted by atomic mass is 10.1. The summed E-state index contributed by atoms with van der Waals surface area (Å²) in [5.74, 6) is 0.833. The second kappa shape index (κ2) is 6.17. The van der Waals surface area contributed by atoms with Crippen molar-refractivity contribution in [2.45, 2.75) is 19.8 Å². The van der Waals surface area contributed by atoms with Crippen molar-refractivity contribution in [3.05, 3.63) is 0 Å². The van der Waals surface area contributed by atoms with Crippen LogP contribution in [0.3, 0.4) is 0 Å². The fourth-order valence-corrected chi connectivity index (χ4v) is 1.67. The van der Waals surface area contributed by atoms with Crippen LogP contribution in [0.5, 0.6) is 0 Å². The molecule has 0 radical (unpaired) electrons. The van der Waals surface area contributed by atoms with E-state index in [0.29, 0.717) is 0 Å². The summed E-state index contributed by atoms with van der Waals surface area (Å²) in [5.41, 5.74) is 0. The maximum atomic E-state index is 3.52. The van der Waals surface area contributed by atoms with Crippen molar-refractivity contribution in [1.82, 2.24) is 4.90 Å². The predicted molar refractivity (Wildman–Crippen MR) is 50.7 cm³/mol. The molecule has 0 heterocycles. The van der Waals surface area contributed by atoms with Crippen molar-refractivity contribution in [2.24, 2.45) is 5.92 Å². The van der Waals surface area contributed by atoms with E-state index in [1.54, 1.807) is 0 Å². The molecule has 62 valence electrons. The Hall–Kier alpha value is 0.440. The third-order valence-electron chi connectivity index (χ3n) is 1.54. The van der Waals surface area contributed by atoms with Gasteiger partial charge in [0.1, 0.15) is 0 Å². The summed E-state index contributed by atoms with van der Waals surface area (Å²) in [5, 5.41) is 1.14. The van der Waals surface area contributed by atoms with E-state index in [-0.39, 0.29) is 0 Å². The van der Waals surface area contributed by atoms with Gasteiger partial charge in [-0.2, -0.15) is 0 Å². The molecule has 1 atom stereocenters. The van der Waals surface area contributed by atoms with Gasteiger partial charge in [-0.15, -0.1) is 0 Å². The molecule has 1 unspecified atom stereocenters. The lowest BCUT2D eigenvalue weighted by Gasteiger charge is -2.17. The normalized spacial score (nSPS) is 14.1. The number of hydrogen-bond donors (Lipinski definition) is 0. The van der Waals surface area contributed by atoms with Crippen LogP contribution in [-0.2, 0) is 0 Å². The summed E-state index contributed by atoms with van der Waals surface area (Å²) < 4.78 is 0. The van der Waals surface area contributed by atoms with Crippen molar-refractivity contribution in [3.8, 4) is 0 Å². The predicted octanol–water partition coefficient (Wildman–Crippen LogP) is 2.36. The number of hydrogen-bond acceptors (Lipinski definition) is 1. The first-order valence-corrected chi connectivity index (χ1v) is 5.03. The standard InChI is InChI=1S/C8H18BrN/c1-4-5-8(6-9)7-10(2)3/h8H,4-7H2,1-3H3. The Morgan fingerprint density at radius 3 is 2.30 bits per heavy atom. The van der Waals surface area contributed by atoms with Crippen molar-refractivity contribution < 1.29 is 0 Å². The second-order valence-electron chi connectivity index (χ2n) is 3.07. The van der Waals surface area contributed by atoms with Crippen LogP contribution in [0.1, 0.15) is 19.8 Å². The third-order valence-corrected chi connectivity index (χ3v) is 2.45. The lowest BCUT2D eigenvalue weighted by Crippen LogP contribution is -2.22. The Morgan fingerprint density at radius 1 is 1.40 bits per heavy atom. The molecule has 0 amide bonds. The zero-order chi connectivity index (χ0) is 7.98. The molecule has 0 aliphatic carbocycles. The van der Waals surface area contributed by atoms with E-state index in [2.05, 4.69) is 41.8 Å². The molecule has 0 bridgehead atoms. The minimum Gasteiger partial charge on any atom is -0.309 e. The Morgan fingerprint density at radius 2 is 2.00 bits per heavy atom. The number of nitrogens with zero attached hydrogens (tertiary/aromatic N) is 1. The summed E-state index contributed by atoms with van der Waals surface area (Å²) in [6.07, 6.45) is 2.63. The third kappa shape index (κ3) is 5.24. The number of halogens is 1. The van der Waals surface area contributed by atoms with E-state index in [1.165, 1.54) is 19.4 Å². The Balaban J connectivity index is 3.39. The molecule has 0 aromatic rings. The highest BCUT2D eigenvalue weighted by Gasteiger charge is 2.05. The summed E-state index contributed by atoms with van der Waals surface area (Å²) >= 11 is 3.52. The first-order chi connectivity index (χ1) is 4.70. The maximum absolute atomic E-state index is 3.52. The van der Waals surface area contributed by atoms with Gasteiger partial charge in [-0.05, 0) is 26.4 Å². The van der Waals surface area contributed by atoms with Crippen LogP contribution in [0, 0.1) is 5.92 Å². The molecule has 0 aliphatic heterocycles. The Labute approximate surface area is 72.9 Å². The fraction of sp³-hybridized carbons (Fsp3) is 1.00. The van der Waals surface area contributed by atoms with Crippen molar-refractivity contribution >= 4 is 15.9 Å². The molecular formula is C8H18BrN. The van der Waals surface area contributed by atoms with Gasteiger partial charge in [0.25, 0.3) is 0 Å². The van der Waals surface area contributed by atoms with Gasteiger partial charge in [0.15, 0.2) is 0 Å². The van der Waals surface area contributed by atoms with E-state index in [1.807, 2.05) is 0 Å². The van der Waals surface area contributed by atoms with Crippen LogP contribution < -0.4 is 0 Å². The highest BCUT2D eigenvalue weighted by atomic mass is 79.9. The zero-order valence-electron chi connectivity index (χ0n) is 7.23. The van der Waals surface area contributed by atoms with E-state index < -0.39 is 0 Å². The lowest BCUT2D eigenvalue weighted by molar-refractivity contribution is 0.331. The first kappa shape index (κ1) is 10.4. The van der Waals surface area contributed by atoms with Gasteiger partial charge < -0.3 is 4.90 Å². The molecule has 0 N–H and O–H groups in total. The monoisotopic (exact) mass is 207 g/mol. The highest BCUT2D eigenvalue weighted by Crippen LogP contribution is 2.09. The maximum Gasteiger partial charge on any atom is 0.00718 e. The first-order valence-electron chi connectivity index (χ1n) is 3.91. The molecular weight excluding hydrogens is 190 g/mol. The van der Waals surface area contributed by atoms with Gasteiger partial charge in [0, 0.05) is 11.9 Å². The van der Waals surface area contributed by atoms with Crippen molar-refractivity contribution in [1.29, 1.82) is 0 Å². The Bertz CT molecular complexity index is 73.7. The second-order valence-corrected chi connectivity index (χ2v) is 3.72. The van der Waals surface area contributed by atoms with Crippen molar-refractivity contribution in [2.75, 3.05) is 26.0 Å². The Kier molecular flexibility index (Phi) is 6.44. The largest absolute Gasteiger partial charge is 0.309 e. The SMILES string of the molecule is CCCC(CBr)CN(C)C. The van der Waals surface area contributed by atoms with Crippen LogP contribution in [0.25, 0.3) is 0 Å². The molecule has 0 aromatic heterocycles. The van der Waals surface area contributed by atoms with E-state index in [4.69, 9.17) is 0 Å². The zero-order valence-corrected chi connectivity index (χ0v) is 8.82.